The summed E-state index contributed by atoms with van der Waals surface area (Å²) >= 11 is 6.29. The predicted octanol–water partition coefficient (Wildman–Crippen LogP) is 3.11. The van der Waals surface area contributed by atoms with E-state index < -0.39 is 0 Å². The highest BCUT2D eigenvalue weighted by Gasteiger charge is 2.21. The van der Waals surface area contributed by atoms with E-state index in [4.69, 9.17) is 11.6 Å². The molecule has 0 saturated carbocycles. The van der Waals surface area contributed by atoms with Gasteiger partial charge in [-0.15, -0.1) is 0 Å². The van der Waals surface area contributed by atoms with Gasteiger partial charge in [0.25, 0.3) is 0 Å². The van der Waals surface area contributed by atoms with Crippen LogP contribution in [0.5, 0.6) is 0 Å². The Hall–Kier alpha value is -2.27. The van der Waals surface area contributed by atoms with Crippen molar-refractivity contribution in [2.45, 2.75) is 13.8 Å². The van der Waals surface area contributed by atoms with Gasteiger partial charge in [0.2, 0.25) is 5.91 Å². The lowest BCUT2D eigenvalue weighted by molar-refractivity contribution is -0.129. The number of halogens is 1. The highest BCUT2D eigenvalue weighted by molar-refractivity contribution is 6.33. The third-order valence-electron chi connectivity index (χ3n) is 4.45. The molecular formula is C19H23ClN4O. The molecule has 0 bridgehead atoms. The molecule has 132 valence electrons. The zero-order valence-electron chi connectivity index (χ0n) is 14.6. The number of aryl methyl sites for hydroxylation is 2. The van der Waals surface area contributed by atoms with Crippen LogP contribution in [0.25, 0.3) is 0 Å². The summed E-state index contributed by atoms with van der Waals surface area (Å²) in [4.78, 5) is 21.0. The molecule has 25 heavy (non-hydrogen) atoms. The molecule has 1 N–H and O–H groups in total. The Morgan fingerprint density at radius 1 is 1.20 bits per heavy atom. The van der Waals surface area contributed by atoms with Crippen LogP contribution < -0.4 is 10.2 Å². The first-order valence-electron chi connectivity index (χ1n) is 8.49. The van der Waals surface area contributed by atoms with Crippen molar-refractivity contribution in [2.24, 2.45) is 0 Å². The fourth-order valence-electron chi connectivity index (χ4n) is 3.14. The van der Waals surface area contributed by atoms with Gasteiger partial charge in [0.1, 0.15) is 5.82 Å². The summed E-state index contributed by atoms with van der Waals surface area (Å²) in [5, 5.41) is 3.86. The van der Waals surface area contributed by atoms with Gasteiger partial charge in [-0.25, -0.2) is 4.98 Å². The average Bonchev–Trinajstić information content (AvgIpc) is 2.61. The van der Waals surface area contributed by atoms with Gasteiger partial charge in [-0.1, -0.05) is 23.7 Å². The molecule has 2 heterocycles. The number of aromatic nitrogens is 1. The van der Waals surface area contributed by atoms with Crippen molar-refractivity contribution >= 4 is 29.0 Å². The summed E-state index contributed by atoms with van der Waals surface area (Å²) < 4.78 is 0. The maximum atomic E-state index is 12.5. The van der Waals surface area contributed by atoms with Crippen LogP contribution in [0.15, 0.2) is 36.5 Å². The molecule has 1 amide bonds. The number of rotatable bonds is 4. The highest BCUT2D eigenvalue weighted by atomic mass is 35.5. The largest absolute Gasteiger partial charge is 0.375 e. The first kappa shape index (κ1) is 17.5. The summed E-state index contributed by atoms with van der Waals surface area (Å²) in [6.07, 6.45) is 1.80. The van der Waals surface area contributed by atoms with E-state index in [0.717, 1.165) is 35.7 Å². The molecule has 2 aromatic rings. The topological polar surface area (TPSA) is 48.5 Å². The number of nitrogens with one attached hydrogen (secondary N) is 1. The van der Waals surface area contributed by atoms with Gasteiger partial charge in [0.15, 0.2) is 0 Å². The smallest absolute Gasteiger partial charge is 0.241 e. The second-order valence-corrected chi connectivity index (χ2v) is 6.76. The van der Waals surface area contributed by atoms with E-state index in [1.165, 1.54) is 0 Å². The van der Waals surface area contributed by atoms with E-state index in [0.29, 0.717) is 18.1 Å². The quantitative estimate of drug-likeness (QED) is 0.912. The molecule has 1 fully saturated rings. The molecule has 1 aliphatic rings. The van der Waals surface area contributed by atoms with Crippen molar-refractivity contribution in [1.29, 1.82) is 0 Å². The van der Waals surface area contributed by atoms with Gasteiger partial charge in [-0.05, 0) is 43.2 Å². The minimum atomic E-state index is 0.0942. The van der Waals surface area contributed by atoms with Crippen LogP contribution in [-0.2, 0) is 4.79 Å². The SMILES string of the molecule is Cc1cc(C)c(NCC(=O)N2CCN(c3ccccn3)CC2)c(Cl)c1. The van der Waals surface area contributed by atoms with Crippen molar-refractivity contribution in [3.05, 3.63) is 52.7 Å². The summed E-state index contributed by atoms with van der Waals surface area (Å²) in [5.41, 5.74) is 3.01. The molecule has 3 rings (SSSR count). The number of benzene rings is 1. The zero-order chi connectivity index (χ0) is 17.8. The molecule has 0 unspecified atom stereocenters. The lowest BCUT2D eigenvalue weighted by Crippen LogP contribution is -2.50. The highest BCUT2D eigenvalue weighted by Crippen LogP contribution is 2.27. The molecule has 0 spiro atoms. The van der Waals surface area contributed by atoms with Crippen molar-refractivity contribution < 1.29 is 4.79 Å². The van der Waals surface area contributed by atoms with Gasteiger partial charge in [-0.2, -0.15) is 0 Å². The van der Waals surface area contributed by atoms with E-state index in [1.54, 1.807) is 6.20 Å². The first-order chi connectivity index (χ1) is 12.0. The van der Waals surface area contributed by atoms with Crippen molar-refractivity contribution in [3.8, 4) is 0 Å². The number of hydrogen-bond acceptors (Lipinski definition) is 4. The van der Waals surface area contributed by atoms with Gasteiger partial charge in [-0.3, -0.25) is 4.79 Å². The van der Waals surface area contributed by atoms with Crippen LogP contribution in [0.4, 0.5) is 11.5 Å². The Labute approximate surface area is 153 Å². The van der Waals surface area contributed by atoms with Crippen molar-refractivity contribution in [2.75, 3.05) is 42.9 Å². The van der Waals surface area contributed by atoms with Crippen LogP contribution in [0, 0.1) is 13.8 Å². The minimum absolute atomic E-state index is 0.0942. The average molecular weight is 359 g/mol. The molecule has 1 aromatic heterocycles. The number of carbonyl (C=O) groups excluding carboxylic acids is 1. The Balaban J connectivity index is 1.53. The molecular weight excluding hydrogens is 336 g/mol. The normalized spacial score (nSPS) is 14.5. The summed E-state index contributed by atoms with van der Waals surface area (Å²) in [6.45, 7) is 7.27. The lowest BCUT2D eigenvalue weighted by atomic mass is 10.1. The van der Waals surface area contributed by atoms with E-state index >= 15 is 0 Å². The van der Waals surface area contributed by atoms with E-state index in [9.17, 15) is 4.79 Å². The van der Waals surface area contributed by atoms with Gasteiger partial charge in [0, 0.05) is 32.4 Å². The third kappa shape index (κ3) is 4.23. The Bertz CT molecular complexity index is 719. The number of pyridine rings is 1. The van der Waals surface area contributed by atoms with Crippen LogP contribution in [-0.4, -0.2) is 48.5 Å². The maximum Gasteiger partial charge on any atom is 0.241 e. The fourth-order valence-corrected chi connectivity index (χ4v) is 3.53. The summed E-state index contributed by atoms with van der Waals surface area (Å²) in [6, 6.07) is 9.86. The number of piperazine rings is 1. The molecule has 1 aliphatic heterocycles. The molecule has 0 radical (unpaired) electrons. The Morgan fingerprint density at radius 2 is 1.96 bits per heavy atom. The molecule has 1 saturated heterocycles. The van der Waals surface area contributed by atoms with E-state index in [1.807, 2.05) is 43.0 Å². The Morgan fingerprint density at radius 3 is 2.60 bits per heavy atom. The molecule has 5 nitrogen and oxygen atoms in total. The predicted molar refractivity (Wildman–Crippen MR) is 102 cm³/mol. The number of carbonyl (C=O) groups is 1. The summed E-state index contributed by atoms with van der Waals surface area (Å²) in [5.74, 6) is 1.06. The van der Waals surface area contributed by atoms with Crippen LogP contribution in [0.3, 0.4) is 0 Å². The van der Waals surface area contributed by atoms with Gasteiger partial charge in [0.05, 0.1) is 17.3 Å². The number of anilines is 2. The van der Waals surface area contributed by atoms with Crippen molar-refractivity contribution in [3.63, 3.8) is 0 Å². The maximum absolute atomic E-state index is 12.5. The van der Waals surface area contributed by atoms with Crippen LogP contribution in [0.1, 0.15) is 11.1 Å². The molecule has 6 heteroatoms. The summed E-state index contributed by atoms with van der Waals surface area (Å²) in [7, 11) is 0. The lowest BCUT2D eigenvalue weighted by Gasteiger charge is -2.35. The first-order valence-corrected chi connectivity index (χ1v) is 8.87. The van der Waals surface area contributed by atoms with E-state index in [-0.39, 0.29) is 12.5 Å². The van der Waals surface area contributed by atoms with Gasteiger partial charge >= 0.3 is 0 Å². The molecule has 0 atom stereocenters. The minimum Gasteiger partial charge on any atom is -0.375 e. The molecule has 0 aliphatic carbocycles. The zero-order valence-corrected chi connectivity index (χ0v) is 15.4. The van der Waals surface area contributed by atoms with Crippen LogP contribution in [0.2, 0.25) is 5.02 Å². The number of hydrogen-bond donors (Lipinski definition) is 1. The third-order valence-corrected chi connectivity index (χ3v) is 4.75. The van der Waals surface area contributed by atoms with Crippen molar-refractivity contribution in [1.82, 2.24) is 9.88 Å². The van der Waals surface area contributed by atoms with Crippen LogP contribution >= 0.6 is 11.6 Å². The monoisotopic (exact) mass is 358 g/mol. The van der Waals surface area contributed by atoms with Gasteiger partial charge < -0.3 is 15.1 Å². The second kappa shape index (κ2) is 7.74. The van der Waals surface area contributed by atoms with E-state index in [2.05, 4.69) is 21.3 Å². The standard InChI is InChI=1S/C19H23ClN4O/c1-14-11-15(2)19(16(20)12-14)22-13-18(25)24-9-7-23(8-10-24)17-5-3-4-6-21-17/h3-6,11-12,22H,7-10,13H2,1-2H3. The second-order valence-electron chi connectivity index (χ2n) is 6.35. The fraction of sp³-hybridized carbons (Fsp3) is 0.368. The molecule has 1 aromatic carbocycles. The number of nitrogens with zero attached hydrogens (tertiary/aromatic N) is 3. The number of amides is 1. The Kier molecular flexibility index (Phi) is 5.43.